The maximum atomic E-state index is 14.4. The zero-order valence-electron chi connectivity index (χ0n) is 22.9. The van der Waals surface area contributed by atoms with Crippen molar-refractivity contribution < 1.29 is 23.0 Å². The van der Waals surface area contributed by atoms with Crippen molar-refractivity contribution in [3.05, 3.63) is 35.9 Å². The summed E-state index contributed by atoms with van der Waals surface area (Å²) in [6, 6.07) is 2.11. The van der Waals surface area contributed by atoms with Crippen molar-refractivity contribution in [3.8, 4) is 11.5 Å². The quantitative estimate of drug-likeness (QED) is 0.135. The molecule has 3 aliphatic rings. The Bertz CT molecular complexity index is 882. The standard InChI is InChI=1S/C32H46F2O3/c1-3-5-7-9-22-12-14-23(15-13-22)24-16-17-27-25(19-24)10-8-11-28(27)32(35)37-26-20-29(33)31(30(34)21-26)36-18-6-4-2/h4,6,20-25,27-28H,3,5,7-19H2,1-2H3/b6-4+. The van der Waals surface area contributed by atoms with E-state index < -0.39 is 17.4 Å². The van der Waals surface area contributed by atoms with Crippen LogP contribution in [0.25, 0.3) is 0 Å². The first-order valence-electron chi connectivity index (χ1n) is 14.9. The Kier molecular flexibility index (Phi) is 10.5. The van der Waals surface area contributed by atoms with Crippen molar-refractivity contribution >= 4 is 5.97 Å². The molecule has 4 rings (SSSR count). The van der Waals surface area contributed by atoms with E-state index in [-0.39, 0.29) is 24.2 Å². The third-order valence-electron chi connectivity index (χ3n) is 9.52. The molecule has 0 heterocycles. The first-order valence-corrected chi connectivity index (χ1v) is 14.9. The Morgan fingerprint density at radius 2 is 1.68 bits per heavy atom. The summed E-state index contributed by atoms with van der Waals surface area (Å²) >= 11 is 0. The van der Waals surface area contributed by atoms with E-state index in [9.17, 15) is 13.6 Å². The number of rotatable bonds is 10. The Morgan fingerprint density at radius 3 is 2.38 bits per heavy atom. The van der Waals surface area contributed by atoms with E-state index in [0.717, 1.165) is 49.1 Å². The molecule has 206 valence electrons. The summed E-state index contributed by atoms with van der Waals surface area (Å²) in [7, 11) is 0. The van der Waals surface area contributed by atoms with Gasteiger partial charge < -0.3 is 9.47 Å². The summed E-state index contributed by atoms with van der Waals surface area (Å²) in [5.74, 6) is 0.771. The number of halogens is 2. The summed E-state index contributed by atoms with van der Waals surface area (Å²) in [6.45, 7) is 4.17. The van der Waals surface area contributed by atoms with Crippen LogP contribution >= 0.6 is 0 Å². The molecule has 0 bridgehead atoms. The molecule has 3 fully saturated rings. The molecule has 1 aromatic carbocycles. The molecule has 5 heteroatoms. The van der Waals surface area contributed by atoms with E-state index in [1.165, 1.54) is 70.6 Å². The van der Waals surface area contributed by atoms with Gasteiger partial charge in [-0.25, -0.2) is 8.78 Å². The Balaban J connectivity index is 1.30. The Morgan fingerprint density at radius 1 is 0.946 bits per heavy atom. The minimum absolute atomic E-state index is 0.0788. The highest BCUT2D eigenvalue weighted by molar-refractivity contribution is 5.75. The number of ether oxygens (including phenoxy) is 2. The van der Waals surface area contributed by atoms with E-state index in [0.29, 0.717) is 11.8 Å². The number of hydrogen-bond donors (Lipinski definition) is 0. The van der Waals surface area contributed by atoms with Crippen LogP contribution in [0.1, 0.15) is 104 Å². The van der Waals surface area contributed by atoms with E-state index >= 15 is 0 Å². The van der Waals surface area contributed by atoms with Crippen LogP contribution < -0.4 is 9.47 Å². The minimum Gasteiger partial charge on any atom is -0.483 e. The lowest BCUT2D eigenvalue weighted by molar-refractivity contribution is -0.144. The third kappa shape index (κ3) is 7.35. The van der Waals surface area contributed by atoms with Gasteiger partial charge in [0.2, 0.25) is 0 Å². The summed E-state index contributed by atoms with van der Waals surface area (Å²) < 4.78 is 39.6. The molecule has 0 aliphatic heterocycles. The predicted molar refractivity (Wildman–Crippen MR) is 144 cm³/mol. The van der Waals surface area contributed by atoms with Gasteiger partial charge in [-0.15, -0.1) is 0 Å². The van der Waals surface area contributed by atoms with Crippen molar-refractivity contribution in [1.29, 1.82) is 0 Å². The lowest BCUT2D eigenvalue weighted by atomic mass is 9.59. The topological polar surface area (TPSA) is 35.5 Å². The molecule has 37 heavy (non-hydrogen) atoms. The van der Waals surface area contributed by atoms with Gasteiger partial charge in [-0.2, -0.15) is 0 Å². The van der Waals surface area contributed by atoms with Crippen LogP contribution in [0, 0.1) is 47.1 Å². The molecule has 0 aromatic heterocycles. The van der Waals surface area contributed by atoms with Gasteiger partial charge in [0.15, 0.2) is 17.4 Å². The van der Waals surface area contributed by atoms with Crippen molar-refractivity contribution in [1.82, 2.24) is 0 Å². The molecule has 0 N–H and O–H groups in total. The fraction of sp³-hybridized carbons (Fsp3) is 0.719. The molecule has 3 nitrogen and oxygen atoms in total. The first-order chi connectivity index (χ1) is 18.0. The number of carbonyl (C=O) groups is 1. The largest absolute Gasteiger partial charge is 0.483 e. The van der Waals surface area contributed by atoms with E-state index in [4.69, 9.17) is 9.47 Å². The fourth-order valence-electron chi connectivity index (χ4n) is 7.50. The van der Waals surface area contributed by atoms with Crippen molar-refractivity contribution in [2.24, 2.45) is 35.5 Å². The number of esters is 1. The highest BCUT2D eigenvalue weighted by Gasteiger charge is 2.43. The monoisotopic (exact) mass is 516 g/mol. The predicted octanol–water partition coefficient (Wildman–Crippen LogP) is 9.04. The van der Waals surface area contributed by atoms with Crippen molar-refractivity contribution in [2.75, 3.05) is 6.61 Å². The second-order valence-electron chi connectivity index (χ2n) is 11.8. The number of hydrogen-bond acceptors (Lipinski definition) is 3. The normalized spacial score (nSPS) is 30.2. The maximum absolute atomic E-state index is 14.4. The van der Waals surface area contributed by atoms with Gasteiger partial charge in [0, 0.05) is 12.1 Å². The molecule has 3 aliphatic carbocycles. The molecule has 0 amide bonds. The fourth-order valence-corrected chi connectivity index (χ4v) is 7.50. The molecular formula is C32H46F2O3. The molecule has 1 aromatic rings. The minimum atomic E-state index is -0.852. The zero-order chi connectivity index (χ0) is 26.2. The van der Waals surface area contributed by atoms with Crippen LogP contribution in [-0.4, -0.2) is 12.6 Å². The lowest BCUT2D eigenvalue weighted by Crippen LogP contribution is -2.40. The maximum Gasteiger partial charge on any atom is 0.314 e. The molecule has 0 radical (unpaired) electrons. The van der Waals surface area contributed by atoms with Gasteiger partial charge in [0.1, 0.15) is 12.4 Å². The summed E-state index contributed by atoms with van der Waals surface area (Å²) in [6.07, 6.45) is 21.0. The number of unbranched alkanes of at least 4 members (excludes halogenated alkanes) is 2. The molecule has 4 unspecified atom stereocenters. The Labute approximate surface area is 222 Å². The number of benzene rings is 1. The highest BCUT2D eigenvalue weighted by Crippen LogP contribution is 2.50. The van der Waals surface area contributed by atoms with Crippen LogP contribution in [-0.2, 0) is 4.79 Å². The van der Waals surface area contributed by atoms with Crippen LogP contribution in [0.4, 0.5) is 8.78 Å². The zero-order valence-corrected chi connectivity index (χ0v) is 22.9. The Hall–Kier alpha value is -1.91. The molecule has 4 atom stereocenters. The second kappa shape index (κ2) is 13.8. The molecule has 3 saturated carbocycles. The van der Waals surface area contributed by atoms with Gasteiger partial charge in [0.25, 0.3) is 0 Å². The van der Waals surface area contributed by atoms with Crippen LogP contribution in [0.5, 0.6) is 11.5 Å². The highest BCUT2D eigenvalue weighted by atomic mass is 19.1. The average molecular weight is 517 g/mol. The van der Waals surface area contributed by atoms with Gasteiger partial charge in [-0.05, 0) is 75.0 Å². The summed E-state index contributed by atoms with van der Waals surface area (Å²) in [5.41, 5.74) is 0. The van der Waals surface area contributed by atoms with E-state index in [2.05, 4.69) is 6.92 Å². The van der Waals surface area contributed by atoms with Crippen molar-refractivity contribution in [2.45, 2.75) is 104 Å². The van der Waals surface area contributed by atoms with Crippen LogP contribution in [0.3, 0.4) is 0 Å². The number of allylic oxidation sites excluding steroid dienone is 1. The molecular weight excluding hydrogens is 470 g/mol. The number of fused-ring (bicyclic) bond motifs is 1. The summed E-state index contributed by atoms with van der Waals surface area (Å²) in [5, 5.41) is 0. The van der Waals surface area contributed by atoms with Gasteiger partial charge >= 0.3 is 5.97 Å². The second-order valence-corrected chi connectivity index (χ2v) is 11.8. The SMILES string of the molecule is C/C=C/COc1c(F)cc(OC(=O)C2CCCC3CC(C4CCC(CCCCC)CC4)CCC32)cc1F. The first kappa shape index (κ1) is 28.1. The average Bonchev–Trinajstić information content (AvgIpc) is 2.90. The summed E-state index contributed by atoms with van der Waals surface area (Å²) in [4.78, 5) is 13.2. The molecule has 0 spiro atoms. The molecule has 0 saturated heterocycles. The van der Waals surface area contributed by atoms with Gasteiger partial charge in [-0.3, -0.25) is 4.79 Å². The van der Waals surface area contributed by atoms with Gasteiger partial charge in [0.05, 0.1) is 5.92 Å². The van der Waals surface area contributed by atoms with E-state index in [1.807, 2.05) is 0 Å². The van der Waals surface area contributed by atoms with Gasteiger partial charge in [-0.1, -0.05) is 70.4 Å². The third-order valence-corrected chi connectivity index (χ3v) is 9.52. The van der Waals surface area contributed by atoms with Crippen LogP contribution in [0.2, 0.25) is 0 Å². The van der Waals surface area contributed by atoms with Crippen molar-refractivity contribution in [3.63, 3.8) is 0 Å². The van der Waals surface area contributed by atoms with Crippen LogP contribution in [0.15, 0.2) is 24.3 Å². The van der Waals surface area contributed by atoms with E-state index in [1.54, 1.807) is 19.1 Å². The smallest absolute Gasteiger partial charge is 0.314 e. The number of carbonyl (C=O) groups excluding carboxylic acids is 1. The lowest BCUT2D eigenvalue weighted by Gasteiger charge is -2.46.